The van der Waals surface area contributed by atoms with Crippen LogP contribution in [0.4, 0.5) is 5.82 Å². The minimum atomic E-state index is 0. The third-order valence-corrected chi connectivity index (χ3v) is 5.72. The first-order valence-electron chi connectivity index (χ1n) is 11.3. The van der Waals surface area contributed by atoms with E-state index in [1.54, 1.807) is 0 Å². The quantitative estimate of drug-likeness (QED) is 0.331. The summed E-state index contributed by atoms with van der Waals surface area (Å²) in [5.41, 5.74) is 1.23. The van der Waals surface area contributed by atoms with Gasteiger partial charge in [-0.25, -0.2) is 9.98 Å². The average Bonchev–Trinajstić information content (AvgIpc) is 2.75. The molecule has 2 fully saturated rings. The first-order chi connectivity index (χ1) is 13.8. The number of anilines is 1. The van der Waals surface area contributed by atoms with Crippen molar-refractivity contribution in [1.29, 1.82) is 0 Å². The van der Waals surface area contributed by atoms with E-state index in [2.05, 4.69) is 51.4 Å². The number of piperidine rings is 2. The maximum Gasteiger partial charge on any atom is 0.191 e. The van der Waals surface area contributed by atoms with Gasteiger partial charge in [0.2, 0.25) is 0 Å². The number of halogens is 1. The number of nitrogens with one attached hydrogen (secondary N) is 2. The van der Waals surface area contributed by atoms with Crippen LogP contribution in [0.1, 0.15) is 57.9 Å². The third-order valence-electron chi connectivity index (χ3n) is 5.72. The molecule has 0 aromatic carbocycles. The van der Waals surface area contributed by atoms with E-state index in [9.17, 15) is 0 Å². The summed E-state index contributed by atoms with van der Waals surface area (Å²) in [6, 6.07) is 4.82. The van der Waals surface area contributed by atoms with Crippen LogP contribution >= 0.6 is 24.0 Å². The van der Waals surface area contributed by atoms with E-state index >= 15 is 0 Å². The molecule has 7 heteroatoms. The van der Waals surface area contributed by atoms with Gasteiger partial charge in [0, 0.05) is 45.0 Å². The van der Waals surface area contributed by atoms with Crippen molar-refractivity contribution in [2.24, 2.45) is 4.99 Å². The molecule has 0 bridgehead atoms. The van der Waals surface area contributed by atoms with Crippen molar-refractivity contribution in [3.63, 3.8) is 0 Å². The summed E-state index contributed by atoms with van der Waals surface area (Å²) in [6.07, 6.45) is 9.45. The molecule has 1 aromatic heterocycles. The lowest BCUT2D eigenvalue weighted by Crippen LogP contribution is -2.48. The van der Waals surface area contributed by atoms with Gasteiger partial charge in [-0.05, 0) is 69.7 Å². The van der Waals surface area contributed by atoms with Crippen molar-refractivity contribution in [1.82, 2.24) is 20.5 Å². The topological polar surface area (TPSA) is 55.8 Å². The van der Waals surface area contributed by atoms with E-state index in [4.69, 9.17) is 4.99 Å². The zero-order chi connectivity index (χ0) is 19.6. The summed E-state index contributed by atoms with van der Waals surface area (Å²) in [5.74, 6) is 2.04. The first kappa shape index (κ1) is 24.2. The molecule has 2 aliphatic rings. The number of nitrogens with zero attached hydrogens (tertiary/aromatic N) is 4. The second-order valence-electron chi connectivity index (χ2n) is 8.03. The first-order valence-corrected chi connectivity index (χ1v) is 11.3. The fourth-order valence-electron chi connectivity index (χ4n) is 4.16. The largest absolute Gasteiger partial charge is 0.357 e. The fourth-order valence-corrected chi connectivity index (χ4v) is 4.16. The minimum absolute atomic E-state index is 0. The van der Waals surface area contributed by atoms with Crippen molar-refractivity contribution >= 4 is 35.8 Å². The standard InChI is InChI=1S/C22H38N6.HI/c1-3-12-27-15-9-20(10-16-27)26-22(23-4-2)25-18-19-8-11-24-21(17-19)28-13-6-5-7-14-28;/h8,11,17,20H,3-7,9-10,12-16,18H2,1-2H3,(H2,23,25,26);1H. The van der Waals surface area contributed by atoms with E-state index in [1.807, 2.05) is 6.20 Å². The van der Waals surface area contributed by atoms with Gasteiger partial charge >= 0.3 is 0 Å². The second-order valence-corrected chi connectivity index (χ2v) is 8.03. The van der Waals surface area contributed by atoms with Gasteiger partial charge in [0.1, 0.15) is 5.82 Å². The van der Waals surface area contributed by atoms with E-state index in [1.165, 1.54) is 63.7 Å². The Morgan fingerprint density at radius 2 is 1.90 bits per heavy atom. The molecular weight excluding hydrogens is 475 g/mol. The zero-order valence-corrected chi connectivity index (χ0v) is 20.5. The molecular formula is C22H39IN6. The third kappa shape index (κ3) is 7.92. The molecule has 0 amide bonds. The predicted octanol–water partition coefficient (Wildman–Crippen LogP) is 3.62. The number of aliphatic imine (C=N–C) groups is 1. The van der Waals surface area contributed by atoms with Crippen LogP contribution < -0.4 is 15.5 Å². The number of aromatic nitrogens is 1. The highest BCUT2D eigenvalue weighted by Crippen LogP contribution is 2.18. The molecule has 29 heavy (non-hydrogen) atoms. The SMILES string of the molecule is CCCN1CCC(NC(=NCc2ccnc(N3CCCCC3)c2)NCC)CC1.I. The van der Waals surface area contributed by atoms with Crippen molar-refractivity contribution in [2.45, 2.75) is 65.0 Å². The van der Waals surface area contributed by atoms with Gasteiger partial charge in [-0.1, -0.05) is 6.92 Å². The second kappa shape index (κ2) is 13.3. The molecule has 0 saturated carbocycles. The van der Waals surface area contributed by atoms with Gasteiger partial charge in [0.05, 0.1) is 6.54 Å². The minimum Gasteiger partial charge on any atom is -0.357 e. The molecule has 2 aliphatic heterocycles. The van der Waals surface area contributed by atoms with E-state index < -0.39 is 0 Å². The Morgan fingerprint density at radius 1 is 1.14 bits per heavy atom. The van der Waals surface area contributed by atoms with Crippen LogP contribution in [0, 0.1) is 0 Å². The molecule has 3 rings (SSSR count). The molecule has 0 spiro atoms. The Bertz CT molecular complexity index is 609. The zero-order valence-electron chi connectivity index (χ0n) is 18.2. The summed E-state index contributed by atoms with van der Waals surface area (Å²) >= 11 is 0. The summed E-state index contributed by atoms with van der Waals surface area (Å²) in [4.78, 5) is 14.4. The van der Waals surface area contributed by atoms with Gasteiger partial charge in [-0.2, -0.15) is 0 Å². The normalized spacial score (nSPS) is 19.0. The molecule has 164 valence electrons. The molecule has 1 aromatic rings. The van der Waals surface area contributed by atoms with Gasteiger partial charge in [0.25, 0.3) is 0 Å². The van der Waals surface area contributed by atoms with E-state index in [0.717, 1.165) is 31.4 Å². The molecule has 2 saturated heterocycles. The number of hydrogen-bond acceptors (Lipinski definition) is 4. The fraction of sp³-hybridized carbons (Fsp3) is 0.727. The summed E-state index contributed by atoms with van der Waals surface area (Å²) in [6.45, 7) is 11.8. The van der Waals surface area contributed by atoms with Gasteiger partial charge < -0.3 is 20.4 Å². The molecule has 0 unspecified atom stereocenters. The van der Waals surface area contributed by atoms with Crippen LogP contribution in [0.15, 0.2) is 23.3 Å². The molecule has 0 atom stereocenters. The molecule has 0 aliphatic carbocycles. The van der Waals surface area contributed by atoms with Crippen LogP contribution in [-0.2, 0) is 6.54 Å². The average molecular weight is 515 g/mol. The Hall–Kier alpha value is -1.09. The van der Waals surface area contributed by atoms with Crippen LogP contribution in [-0.4, -0.2) is 61.2 Å². The Morgan fingerprint density at radius 3 is 2.59 bits per heavy atom. The molecule has 2 N–H and O–H groups in total. The highest BCUT2D eigenvalue weighted by atomic mass is 127. The molecule has 0 radical (unpaired) electrons. The summed E-state index contributed by atoms with van der Waals surface area (Å²) < 4.78 is 0. The van der Waals surface area contributed by atoms with Crippen molar-refractivity contribution in [3.8, 4) is 0 Å². The van der Waals surface area contributed by atoms with Crippen molar-refractivity contribution < 1.29 is 0 Å². The van der Waals surface area contributed by atoms with Crippen molar-refractivity contribution in [2.75, 3.05) is 44.2 Å². The number of pyridine rings is 1. The summed E-state index contributed by atoms with van der Waals surface area (Å²) in [7, 11) is 0. The van der Waals surface area contributed by atoms with Crippen LogP contribution in [0.3, 0.4) is 0 Å². The molecule has 6 nitrogen and oxygen atoms in total. The Labute approximate surface area is 194 Å². The highest BCUT2D eigenvalue weighted by Gasteiger charge is 2.19. The molecule has 3 heterocycles. The van der Waals surface area contributed by atoms with Crippen LogP contribution in [0.5, 0.6) is 0 Å². The maximum atomic E-state index is 4.85. The monoisotopic (exact) mass is 514 g/mol. The number of rotatable bonds is 7. The lowest BCUT2D eigenvalue weighted by atomic mass is 10.1. The summed E-state index contributed by atoms with van der Waals surface area (Å²) in [5, 5.41) is 7.07. The van der Waals surface area contributed by atoms with Crippen molar-refractivity contribution in [3.05, 3.63) is 23.9 Å². The smallest absolute Gasteiger partial charge is 0.191 e. The maximum absolute atomic E-state index is 4.85. The van der Waals surface area contributed by atoms with Crippen LogP contribution in [0.2, 0.25) is 0 Å². The Kier molecular flexibility index (Phi) is 11.1. The highest BCUT2D eigenvalue weighted by molar-refractivity contribution is 14.0. The number of hydrogen-bond donors (Lipinski definition) is 2. The number of guanidine groups is 1. The van der Waals surface area contributed by atoms with E-state index in [-0.39, 0.29) is 24.0 Å². The van der Waals surface area contributed by atoms with Gasteiger partial charge in [0.15, 0.2) is 5.96 Å². The lowest BCUT2D eigenvalue weighted by molar-refractivity contribution is 0.206. The van der Waals surface area contributed by atoms with Crippen LogP contribution in [0.25, 0.3) is 0 Å². The Balaban J connectivity index is 0.00000300. The lowest BCUT2D eigenvalue weighted by Gasteiger charge is -2.32. The van der Waals surface area contributed by atoms with E-state index in [0.29, 0.717) is 12.6 Å². The van der Waals surface area contributed by atoms with Gasteiger partial charge in [-0.3, -0.25) is 0 Å². The van der Waals surface area contributed by atoms with Gasteiger partial charge in [-0.15, -0.1) is 24.0 Å². The predicted molar refractivity (Wildman–Crippen MR) is 133 cm³/mol. The number of likely N-dealkylation sites (tertiary alicyclic amines) is 1.